The minimum Gasteiger partial charge on any atom is -0.406 e. The van der Waals surface area contributed by atoms with E-state index in [0.29, 0.717) is 30.8 Å². The number of halogens is 3. The van der Waals surface area contributed by atoms with Crippen LogP contribution in [0.4, 0.5) is 13.2 Å². The van der Waals surface area contributed by atoms with Crippen LogP contribution in [0.1, 0.15) is 10.4 Å². The number of amides is 2. The van der Waals surface area contributed by atoms with Crippen LogP contribution in [0.3, 0.4) is 0 Å². The number of rotatable bonds is 6. The van der Waals surface area contributed by atoms with E-state index < -0.39 is 18.0 Å². The fourth-order valence-corrected chi connectivity index (χ4v) is 5.32. The maximum atomic E-state index is 12.4. The van der Waals surface area contributed by atoms with Crippen LogP contribution >= 0.6 is 11.8 Å². The Morgan fingerprint density at radius 2 is 1.87 bits per heavy atom. The van der Waals surface area contributed by atoms with Crippen molar-refractivity contribution in [3.8, 4) is 5.75 Å². The summed E-state index contributed by atoms with van der Waals surface area (Å²) in [6, 6.07) is 5.06. The van der Waals surface area contributed by atoms with E-state index in [4.69, 9.17) is 0 Å². The van der Waals surface area contributed by atoms with Crippen molar-refractivity contribution in [2.24, 2.45) is 17.8 Å². The quantitative estimate of drug-likeness (QED) is 0.730. The first-order valence-corrected chi connectivity index (χ1v) is 11.2. The molecular formula is C20H24F3N3O3S. The Labute approximate surface area is 177 Å². The third-order valence-electron chi connectivity index (χ3n) is 6.00. The van der Waals surface area contributed by atoms with E-state index in [0.717, 1.165) is 49.8 Å². The SMILES string of the molecule is O=C(NCC1C2CN(CC(=O)N3CCSCC3)CC12)c1cccc(OC(F)(F)F)c1. The third-order valence-corrected chi connectivity index (χ3v) is 6.94. The molecule has 30 heavy (non-hydrogen) atoms. The van der Waals surface area contributed by atoms with Gasteiger partial charge in [0.15, 0.2) is 0 Å². The molecule has 2 amide bonds. The molecular weight excluding hydrogens is 419 g/mol. The van der Waals surface area contributed by atoms with E-state index >= 15 is 0 Å². The Morgan fingerprint density at radius 3 is 2.53 bits per heavy atom. The Morgan fingerprint density at radius 1 is 1.17 bits per heavy atom. The zero-order chi connectivity index (χ0) is 21.3. The molecule has 1 aromatic rings. The first-order valence-electron chi connectivity index (χ1n) is 10.0. The summed E-state index contributed by atoms with van der Waals surface area (Å²) >= 11 is 1.88. The number of likely N-dealkylation sites (tertiary alicyclic amines) is 1. The monoisotopic (exact) mass is 443 g/mol. The average Bonchev–Trinajstić information content (AvgIpc) is 3.16. The van der Waals surface area contributed by atoms with Gasteiger partial charge in [0.2, 0.25) is 5.91 Å². The molecule has 0 bridgehead atoms. The Bertz CT molecular complexity index is 789. The minimum absolute atomic E-state index is 0.134. The number of carbonyl (C=O) groups excluding carboxylic acids is 2. The van der Waals surface area contributed by atoms with Crippen LogP contribution in [0.5, 0.6) is 5.75 Å². The summed E-state index contributed by atoms with van der Waals surface area (Å²) in [4.78, 5) is 28.8. The average molecular weight is 443 g/mol. The van der Waals surface area contributed by atoms with Gasteiger partial charge < -0.3 is 15.0 Å². The number of hydrogen-bond acceptors (Lipinski definition) is 5. The lowest BCUT2D eigenvalue weighted by Crippen LogP contribution is -2.44. The molecule has 2 heterocycles. The molecule has 6 nitrogen and oxygen atoms in total. The summed E-state index contributed by atoms with van der Waals surface area (Å²) in [6.45, 7) is 4.32. The number of thioether (sulfide) groups is 1. The number of ether oxygens (including phenoxy) is 1. The van der Waals surface area contributed by atoms with Gasteiger partial charge in [-0.25, -0.2) is 0 Å². The van der Waals surface area contributed by atoms with Crippen molar-refractivity contribution in [3.63, 3.8) is 0 Å². The van der Waals surface area contributed by atoms with Crippen LogP contribution in [0.2, 0.25) is 0 Å². The molecule has 10 heteroatoms. The van der Waals surface area contributed by atoms with E-state index in [2.05, 4.69) is 15.0 Å². The van der Waals surface area contributed by atoms with Crippen LogP contribution in [0.25, 0.3) is 0 Å². The van der Waals surface area contributed by atoms with Crippen LogP contribution in [0.15, 0.2) is 24.3 Å². The maximum absolute atomic E-state index is 12.4. The Kier molecular flexibility index (Phi) is 6.15. The van der Waals surface area contributed by atoms with Gasteiger partial charge in [0, 0.05) is 49.8 Å². The zero-order valence-electron chi connectivity index (χ0n) is 16.4. The number of alkyl halides is 3. The van der Waals surface area contributed by atoms with Crippen molar-refractivity contribution in [1.29, 1.82) is 0 Å². The first kappa shape index (κ1) is 21.3. The molecule has 2 aliphatic heterocycles. The van der Waals surface area contributed by atoms with E-state index in [-0.39, 0.29) is 11.5 Å². The topological polar surface area (TPSA) is 61.9 Å². The molecule has 2 atom stereocenters. The zero-order valence-corrected chi connectivity index (χ0v) is 17.2. The summed E-state index contributed by atoms with van der Waals surface area (Å²) < 4.78 is 40.9. The standard InChI is InChI=1S/C20H24F3N3O3S/c21-20(22,23)29-14-3-1-2-13(8-14)19(28)24-9-15-16-10-25(11-17(15)16)12-18(27)26-4-6-30-7-5-26/h1-3,8,15-17H,4-7,9-12H2,(H,24,28). The van der Waals surface area contributed by atoms with Crippen molar-refractivity contribution in [3.05, 3.63) is 29.8 Å². The maximum Gasteiger partial charge on any atom is 0.573 e. The van der Waals surface area contributed by atoms with E-state index in [1.807, 2.05) is 16.7 Å². The second kappa shape index (κ2) is 8.66. The first-order chi connectivity index (χ1) is 14.3. The molecule has 4 rings (SSSR count). The fraction of sp³-hybridized carbons (Fsp3) is 0.600. The molecule has 2 saturated heterocycles. The molecule has 1 aliphatic carbocycles. The molecule has 2 unspecified atom stereocenters. The molecule has 0 spiro atoms. The second-order valence-corrected chi connectivity index (χ2v) is 9.19. The number of nitrogens with one attached hydrogen (secondary N) is 1. The van der Waals surface area contributed by atoms with Crippen LogP contribution in [-0.2, 0) is 4.79 Å². The lowest BCUT2D eigenvalue weighted by atomic mass is 10.2. The van der Waals surface area contributed by atoms with Gasteiger partial charge in [-0.15, -0.1) is 13.2 Å². The predicted octanol–water partition coefficient (Wildman–Crippen LogP) is 2.07. The van der Waals surface area contributed by atoms with Crippen molar-refractivity contribution in [1.82, 2.24) is 15.1 Å². The summed E-state index contributed by atoms with van der Waals surface area (Å²) in [5.74, 6) is 2.68. The number of nitrogens with zero attached hydrogens (tertiary/aromatic N) is 2. The number of hydrogen-bond donors (Lipinski definition) is 1. The molecule has 1 saturated carbocycles. The third kappa shape index (κ3) is 5.21. The van der Waals surface area contributed by atoms with Crippen molar-refractivity contribution in [2.75, 3.05) is 50.8 Å². The highest BCUT2D eigenvalue weighted by atomic mass is 32.2. The normalized spacial score (nSPS) is 26.2. The van der Waals surface area contributed by atoms with Crippen LogP contribution in [0, 0.1) is 17.8 Å². The van der Waals surface area contributed by atoms with E-state index in [9.17, 15) is 22.8 Å². The summed E-state index contributed by atoms with van der Waals surface area (Å²) in [7, 11) is 0. The number of benzene rings is 1. The smallest absolute Gasteiger partial charge is 0.406 e. The largest absolute Gasteiger partial charge is 0.573 e. The highest BCUT2D eigenvalue weighted by Gasteiger charge is 2.55. The van der Waals surface area contributed by atoms with E-state index in [1.165, 1.54) is 12.1 Å². The highest BCUT2D eigenvalue weighted by molar-refractivity contribution is 7.99. The van der Waals surface area contributed by atoms with Gasteiger partial charge in [-0.2, -0.15) is 11.8 Å². The predicted molar refractivity (Wildman–Crippen MR) is 106 cm³/mol. The van der Waals surface area contributed by atoms with Gasteiger partial charge in [-0.05, 0) is 36.0 Å². The number of carbonyl (C=O) groups is 2. The summed E-state index contributed by atoms with van der Waals surface area (Å²) in [5, 5.41) is 2.82. The minimum atomic E-state index is -4.79. The molecule has 3 fully saturated rings. The fourth-order valence-electron chi connectivity index (χ4n) is 4.42. The number of fused-ring (bicyclic) bond motifs is 1. The lowest BCUT2D eigenvalue weighted by Gasteiger charge is -2.29. The Hall–Kier alpha value is -1.94. The van der Waals surface area contributed by atoms with Crippen molar-refractivity contribution < 1.29 is 27.5 Å². The molecule has 1 N–H and O–H groups in total. The van der Waals surface area contributed by atoms with Crippen LogP contribution < -0.4 is 10.1 Å². The van der Waals surface area contributed by atoms with E-state index in [1.54, 1.807) is 0 Å². The van der Waals surface area contributed by atoms with Crippen LogP contribution in [-0.4, -0.2) is 78.8 Å². The van der Waals surface area contributed by atoms with Gasteiger partial charge in [0.1, 0.15) is 5.75 Å². The van der Waals surface area contributed by atoms with Gasteiger partial charge >= 0.3 is 6.36 Å². The number of piperidine rings is 1. The van der Waals surface area contributed by atoms with Crippen molar-refractivity contribution >= 4 is 23.6 Å². The van der Waals surface area contributed by atoms with Gasteiger partial charge in [-0.1, -0.05) is 6.07 Å². The second-order valence-electron chi connectivity index (χ2n) is 7.96. The lowest BCUT2D eigenvalue weighted by molar-refractivity contribution is -0.274. The molecule has 3 aliphatic rings. The Balaban J connectivity index is 1.20. The van der Waals surface area contributed by atoms with Crippen molar-refractivity contribution in [2.45, 2.75) is 6.36 Å². The van der Waals surface area contributed by atoms with Gasteiger partial charge in [0.25, 0.3) is 5.91 Å². The molecule has 0 radical (unpaired) electrons. The van der Waals surface area contributed by atoms with Gasteiger partial charge in [0.05, 0.1) is 6.54 Å². The van der Waals surface area contributed by atoms with Gasteiger partial charge in [-0.3, -0.25) is 14.5 Å². The molecule has 164 valence electrons. The highest BCUT2D eigenvalue weighted by Crippen LogP contribution is 2.51. The summed E-state index contributed by atoms with van der Waals surface area (Å²) in [5.41, 5.74) is 0.134. The molecule has 0 aromatic heterocycles. The molecule has 1 aromatic carbocycles. The summed E-state index contributed by atoms with van der Waals surface area (Å²) in [6.07, 6.45) is -4.79.